The molecule has 0 bridgehead atoms. The van der Waals surface area contributed by atoms with E-state index in [-0.39, 0.29) is 5.54 Å². The maximum absolute atomic E-state index is 3.78. The summed E-state index contributed by atoms with van der Waals surface area (Å²) in [7, 11) is 2.17. The fraction of sp³-hybridized carbons (Fsp3) is 0.250. The number of likely N-dealkylation sites (N-methyl/N-ethyl adjacent to an activating group) is 1. The maximum Gasteiger partial charge on any atom is 0.174 e. The summed E-state index contributed by atoms with van der Waals surface area (Å²) in [5, 5.41) is 0. The fourth-order valence-corrected chi connectivity index (χ4v) is 1.40. The zero-order valence-corrected chi connectivity index (χ0v) is 5.54. The lowest BCUT2D eigenvalue weighted by atomic mass is 9.83. The molecule has 0 saturated heterocycles. The van der Waals surface area contributed by atoms with Gasteiger partial charge in [-0.3, -0.25) is 4.48 Å². The van der Waals surface area contributed by atoms with Gasteiger partial charge in [0.2, 0.25) is 0 Å². The van der Waals surface area contributed by atoms with Crippen LogP contribution < -0.4 is 0 Å². The molecule has 0 fully saturated rings. The maximum atomic E-state index is 3.78. The highest BCUT2D eigenvalue weighted by atomic mass is 15.4. The molecule has 0 aliphatic carbocycles. The molecule has 9 heavy (non-hydrogen) atoms. The molecule has 1 nitrogen and oxygen atoms in total. The van der Waals surface area contributed by atoms with Gasteiger partial charge in [-0.1, -0.05) is 6.58 Å². The SMILES string of the molecule is C=CC12C=C[N+]1(C)C=C2. The number of hydrogen-bond donors (Lipinski definition) is 0. The van der Waals surface area contributed by atoms with Gasteiger partial charge in [-0.2, -0.15) is 0 Å². The first-order valence-electron chi connectivity index (χ1n) is 3.13. The van der Waals surface area contributed by atoms with Crippen LogP contribution in [0.2, 0.25) is 0 Å². The Morgan fingerprint density at radius 3 is 2.00 bits per heavy atom. The van der Waals surface area contributed by atoms with Crippen molar-refractivity contribution >= 4 is 0 Å². The van der Waals surface area contributed by atoms with Gasteiger partial charge in [0.25, 0.3) is 0 Å². The lowest BCUT2D eigenvalue weighted by Gasteiger charge is -2.52. The monoisotopic (exact) mass is 120 g/mol. The Balaban J connectivity index is 2.49. The van der Waals surface area contributed by atoms with Crippen LogP contribution in [0.4, 0.5) is 0 Å². The third-order valence-electron chi connectivity index (χ3n) is 2.46. The number of nitrogens with zero attached hydrogens (tertiary/aromatic N) is 1. The molecule has 0 aromatic rings. The minimum atomic E-state index is 0.181. The minimum absolute atomic E-state index is 0.181. The highest BCUT2D eigenvalue weighted by Gasteiger charge is 2.54. The number of quaternary nitrogens is 1. The van der Waals surface area contributed by atoms with E-state index >= 15 is 0 Å². The molecule has 0 radical (unpaired) electrons. The van der Waals surface area contributed by atoms with Crippen LogP contribution in [-0.2, 0) is 0 Å². The molecule has 2 aliphatic heterocycles. The van der Waals surface area contributed by atoms with Crippen LogP contribution in [0.3, 0.4) is 0 Å². The van der Waals surface area contributed by atoms with Gasteiger partial charge in [-0.25, -0.2) is 0 Å². The van der Waals surface area contributed by atoms with E-state index in [9.17, 15) is 0 Å². The van der Waals surface area contributed by atoms with Gasteiger partial charge >= 0.3 is 0 Å². The summed E-state index contributed by atoms with van der Waals surface area (Å²) < 4.78 is 0.927. The van der Waals surface area contributed by atoms with Gasteiger partial charge in [0, 0.05) is 12.2 Å². The standard InChI is InChI=1S/C8H10N/c1-3-8-4-6-9(8,2)7-5-8/h3-7H,1H2,2H3/q+1. The molecule has 2 heterocycles. The summed E-state index contributed by atoms with van der Waals surface area (Å²) >= 11 is 0. The van der Waals surface area contributed by atoms with Crippen molar-refractivity contribution < 1.29 is 4.48 Å². The first kappa shape index (κ1) is 5.00. The first-order chi connectivity index (χ1) is 4.22. The van der Waals surface area contributed by atoms with E-state index in [1.165, 1.54) is 0 Å². The van der Waals surface area contributed by atoms with Crippen molar-refractivity contribution in [3.63, 3.8) is 0 Å². The molecule has 46 valence electrons. The van der Waals surface area contributed by atoms with E-state index in [1.807, 2.05) is 6.08 Å². The second kappa shape index (κ2) is 1.05. The third kappa shape index (κ3) is 0.304. The van der Waals surface area contributed by atoms with Crippen LogP contribution in [-0.4, -0.2) is 17.1 Å². The van der Waals surface area contributed by atoms with Gasteiger partial charge in [-0.05, 0) is 6.08 Å². The number of rotatable bonds is 1. The van der Waals surface area contributed by atoms with Crippen molar-refractivity contribution in [2.24, 2.45) is 0 Å². The third-order valence-corrected chi connectivity index (χ3v) is 2.46. The van der Waals surface area contributed by atoms with Crippen LogP contribution in [0.15, 0.2) is 37.2 Å². The zero-order valence-electron chi connectivity index (χ0n) is 5.54. The second-order valence-electron chi connectivity index (χ2n) is 2.87. The highest BCUT2D eigenvalue weighted by molar-refractivity contribution is 5.34. The molecule has 0 aromatic carbocycles. The summed E-state index contributed by atoms with van der Waals surface area (Å²) in [5.74, 6) is 0. The topological polar surface area (TPSA) is 0 Å². The van der Waals surface area contributed by atoms with Crippen molar-refractivity contribution in [2.75, 3.05) is 7.05 Å². The summed E-state index contributed by atoms with van der Waals surface area (Å²) in [6, 6.07) is 0. The van der Waals surface area contributed by atoms with Gasteiger partial charge in [0.05, 0.1) is 7.05 Å². The Morgan fingerprint density at radius 1 is 1.44 bits per heavy atom. The van der Waals surface area contributed by atoms with E-state index < -0.39 is 0 Å². The Kier molecular flexibility index (Phi) is 0.582. The van der Waals surface area contributed by atoms with Gasteiger partial charge < -0.3 is 0 Å². The largest absolute Gasteiger partial charge is 0.259 e. The molecule has 0 aromatic heterocycles. The lowest BCUT2D eigenvalue weighted by Crippen LogP contribution is -2.63. The molecule has 1 heteroatoms. The molecular formula is C8H10N+. The predicted molar refractivity (Wildman–Crippen MR) is 37.4 cm³/mol. The van der Waals surface area contributed by atoms with Crippen molar-refractivity contribution in [1.82, 2.24) is 0 Å². The quantitative estimate of drug-likeness (QED) is 0.362. The van der Waals surface area contributed by atoms with E-state index in [2.05, 4.69) is 38.2 Å². The fourth-order valence-electron chi connectivity index (χ4n) is 1.40. The highest BCUT2D eigenvalue weighted by Crippen LogP contribution is 2.44. The normalized spacial score (nSPS) is 51.2. The molecule has 0 atom stereocenters. The average Bonchev–Trinajstić information content (AvgIpc) is 1.89. The van der Waals surface area contributed by atoms with Crippen LogP contribution in [0.25, 0.3) is 0 Å². The van der Waals surface area contributed by atoms with E-state index in [4.69, 9.17) is 0 Å². The van der Waals surface area contributed by atoms with E-state index in [0.717, 1.165) is 4.48 Å². The van der Waals surface area contributed by atoms with Crippen molar-refractivity contribution in [1.29, 1.82) is 0 Å². The Hall–Kier alpha value is -0.820. The van der Waals surface area contributed by atoms with Gasteiger partial charge in [-0.15, -0.1) is 0 Å². The van der Waals surface area contributed by atoms with E-state index in [1.54, 1.807) is 0 Å². The average molecular weight is 120 g/mol. The summed E-state index contributed by atoms with van der Waals surface area (Å²) in [4.78, 5) is 0. The van der Waals surface area contributed by atoms with E-state index in [0.29, 0.717) is 0 Å². The molecule has 0 N–H and O–H groups in total. The summed E-state index contributed by atoms with van der Waals surface area (Å²) in [5.41, 5.74) is 0.181. The predicted octanol–water partition coefficient (Wildman–Crippen LogP) is 1.41. The van der Waals surface area contributed by atoms with Crippen molar-refractivity contribution in [2.45, 2.75) is 5.54 Å². The number of fused-ring (bicyclic) bond motifs is 1. The van der Waals surface area contributed by atoms with Gasteiger partial charge in [0.1, 0.15) is 12.4 Å². The van der Waals surface area contributed by atoms with Crippen LogP contribution in [0.1, 0.15) is 0 Å². The second-order valence-corrected chi connectivity index (χ2v) is 2.87. The molecule has 0 saturated carbocycles. The molecule has 2 aliphatic rings. The first-order valence-corrected chi connectivity index (χ1v) is 3.13. The van der Waals surface area contributed by atoms with Gasteiger partial charge in [0.15, 0.2) is 5.54 Å². The Bertz CT molecular complexity index is 209. The summed E-state index contributed by atoms with van der Waals surface area (Å²) in [6.45, 7) is 3.78. The zero-order chi connectivity index (χ0) is 6.54. The van der Waals surface area contributed by atoms with Crippen LogP contribution >= 0.6 is 0 Å². The summed E-state index contributed by atoms with van der Waals surface area (Å²) in [6.07, 6.45) is 10.7. The Labute approximate surface area is 55.2 Å². The smallest absolute Gasteiger partial charge is 0.174 e. The minimum Gasteiger partial charge on any atom is -0.259 e. The van der Waals surface area contributed by atoms with Crippen molar-refractivity contribution in [3.05, 3.63) is 37.2 Å². The molecule has 0 unspecified atom stereocenters. The Morgan fingerprint density at radius 2 is 2.00 bits per heavy atom. The number of hydrogen-bond acceptors (Lipinski definition) is 0. The molecular weight excluding hydrogens is 110 g/mol. The molecule has 0 spiro atoms. The van der Waals surface area contributed by atoms with Crippen LogP contribution in [0.5, 0.6) is 0 Å². The molecule has 0 amide bonds. The molecule has 2 rings (SSSR count). The lowest BCUT2D eigenvalue weighted by molar-refractivity contribution is -0.879. The van der Waals surface area contributed by atoms with Crippen LogP contribution in [0, 0.1) is 0 Å². The van der Waals surface area contributed by atoms with Crippen molar-refractivity contribution in [3.8, 4) is 0 Å².